The average molecular weight is 542 g/mol. The second-order valence-corrected chi connectivity index (χ2v) is 12.0. The number of esters is 1. The molecule has 3 rings (SSSR count). The Labute approximate surface area is 231 Å². The van der Waals surface area contributed by atoms with Gasteiger partial charge in [-0.3, -0.25) is 19.4 Å². The Hall–Kier alpha value is -3.30. The number of hydrogen-bond acceptors (Lipinski definition) is 7. The summed E-state index contributed by atoms with van der Waals surface area (Å²) in [6.07, 6.45) is 9.97. The van der Waals surface area contributed by atoms with Crippen LogP contribution in [0.3, 0.4) is 0 Å². The Morgan fingerprint density at radius 2 is 1.79 bits per heavy atom. The number of likely N-dealkylation sites (tertiary alicyclic amines) is 1. The molecule has 39 heavy (non-hydrogen) atoms. The normalized spacial score (nSPS) is 20.4. The second kappa shape index (κ2) is 13.2. The SMILES string of the molecule is COC(=O)[C@@H]1[C@@H](CC(C)C)CCN1C(=O)[C@@H](NC(=O)C(NC(=O)c1cnccn1)=C1CCCCC1)C(C)(C)C. The van der Waals surface area contributed by atoms with Crippen LogP contribution in [0.15, 0.2) is 29.9 Å². The van der Waals surface area contributed by atoms with Gasteiger partial charge in [0.1, 0.15) is 23.5 Å². The Bertz CT molecular complexity index is 1070. The average Bonchev–Trinajstić information content (AvgIpc) is 3.32. The molecule has 3 amide bonds. The molecule has 214 valence electrons. The number of ether oxygens (including phenoxy) is 1. The largest absolute Gasteiger partial charge is 0.467 e. The molecule has 10 heteroatoms. The molecule has 2 heterocycles. The van der Waals surface area contributed by atoms with E-state index in [1.54, 1.807) is 4.90 Å². The van der Waals surface area contributed by atoms with Crippen molar-refractivity contribution in [3.63, 3.8) is 0 Å². The summed E-state index contributed by atoms with van der Waals surface area (Å²) in [6.45, 7) is 10.2. The molecule has 0 aromatic carbocycles. The lowest BCUT2D eigenvalue weighted by atomic mass is 9.84. The van der Waals surface area contributed by atoms with Gasteiger partial charge in [-0.15, -0.1) is 0 Å². The highest BCUT2D eigenvalue weighted by atomic mass is 16.5. The van der Waals surface area contributed by atoms with Crippen molar-refractivity contribution in [3.8, 4) is 0 Å². The second-order valence-electron chi connectivity index (χ2n) is 12.0. The summed E-state index contributed by atoms with van der Waals surface area (Å²) in [5.74, 6) is -1.48. The van der Waals surface area contributed by atoms with E-state index < -0.39 is 35.3 Å². The molecule has 0 bridgehead atoms. The fraction of sp³-hybridized carbons (Fsp3) is 0.655. The van der Waals surface area contributed by atoms with Crippen LogP contribution in [-0.2, 0) is 19.1 Å². The molecule has 1 aliphatic heterocycles. The van der Waals surface area contributed by atoms with Gasteiger partial charge in [-0.25, -0.2) is 9.78 Å². The first kappa shape index (κ1) is 30.2. The third kappa shape index (κ3) is 7.64. The van der Waals surface area contributed by atoms with Crippen molar-refractivity contribution < 1.29 is 23.9 Å². The minimum absolute atomic E-state index is 0.0103. The summed E-state index contributed by atoms with van der Waals surface area (Å²) in [5.41, 5.74) is 0.440. The molecule has 1 aromatic heterocycles. The van der Waals surface area contributed by atoms with E-state index in [0.29, 0.717) is 31.7 Å². The fourth-order valence-electron chi connectivity index (χ4n) is 5.54. The zero-order valence-corrected chi connectivity index (χ0v) is 24.1. The van der Waals surface area contributed by atoms with Crippen molar-refractivity contribution in [2.75, 3.05) is 13.7 Å². The van der Waals surface area contributed by atoms with Crippen LogP contribution >= 0.6 is 0 Å². The van der Waals surface area contributed by atoms with Gasteiger partial charge in [0.05, 0.1) is 13.3 Å². The first-order valence-electron chi connectivity index (χ1n) is 13.9. The third-order valence-corrected chi connectivity index (χ3v) is 7.48. The molecule has 3 atom stereocenters. The summed E-state index contributed by atoms with van der Waals surface area (Å²) in [5, 5.41) is 5.69. The minimum atomic E-state index is -0.928. The fourth-order valence-corrected chi connectivity index (χ4v) is 5.54. The highest BCUT2D eigenvalue weighted by molar-refractivity contribution is 6.04. The maximum atomic E-state index is 14.0. The quantitative estimate of drug-likeness (QED) is 0.381. The van der Waals surface area contributed by atoms with Crippen LogP contribution in [0.2, 0.25) is 0 Å². The molecule has 1 saturated heterocycles. The lowest BCUT2D eigenvalue weighted by Crippen LogP contribution is -2.58. The van der Waals surface area contributed by atoms with Crippen LogP contribution < -0.4 is 10.6 Å². The molecule has 1 aromatic rings. The molecule has 2 aliphatic rings. The van der Waals surface area contributed by atoms with Gasteiger partial charge >= 0.3 is 5.97 Å². The summed E-state index contributed by atoms with van der Waals surface area (Å²) in [7, 11) is 1.33. The van der Waals surface area contributed by atoms with E-state index in [2.05, 4.69) is 34.4 Å². The molecule has 0 radical (unpaired) electrons. The van der Waals surface area contributed by atoms with Crippen molar-refractivity contribution >= 4 is 23.7 Å². The van der Waals surface area contributed by atoms with Gasteiger partial charge in [0, 0.05) is 18.9 Å². The predicted molar refractivity (Wildman–Crippen MR) is 146 cm³/mol. The molecule has 2 fully saturated rings. The van der Waals surface area contributed by atoms with E-state index in [1.165, 1.54) is 25.7 Å². The lowest BCUT2D eigenvalue weighted by Gasteiger charge is -2.36. The van der Waals surface area contributed by atoms with E-state index in [9.17, 15) is 19.2 Å². The molecular weight excluding hydrogens is 498 g/mol. The van der Waals surface area contributed by atoms with Crippen molar-refractivity contribution in [3.05, 3.63) is 35.6 Å². The smallest absolute Gasteiger partial charge is 0.328 e. The molecule has 0 unspecified atom stereocenters. The van der Waals surface area contributed by atoms with E-state index in [4.69, 9.17) is 4.74 Å². The first-order valence-corrected chi connectivity index (χ1v) is 13.9. The number of carbonyl (C=O) groups excluding carboxylic acids is 4. The maximum Gasteiger partial charge on any atom is 0.328 e. The summed E-state index contributed by atoms with van der Waals surface area (Å²) < 4.78 is 5.09. The highest BCUT2D eigenvalue weighted by Gasteiger charge is 2.47. The molecule has 1 aliphatic carbocycles. The summed E-state index contributed by atoms with van der Waals surface area (Å²) in [6, 6.07) is -1.62. The van der Waals surface area contributed by atoms with Gasteiger partial charge in [0.25, 0.3) is 11.8 Å². The number of rotatable bonds is 8. The standard InChI is InChI=1S/C29H43N5O5/c1-18(2)16-20-12-15-34(23(20)28(38)39-6)27(37)24(29(3,4)5)33-26(36)22(19-10-8-7-9-11-19)32-25(35)21-17-30-13-14-31-21/h13-14,17-18,20,23-24H,7-12,15-16H2,1-6H3,(H,32,35)(H,33,36)/t20-,23+,24-/m1/s1. The first-order chi connectivity index (χ1) is 18.4. The van der Waals surface area contributed by atoms with E-state index in [0.717, 1.165) is 31.3 Å². The van der Waals surface area contributed by atoms with Crippen LogP contribution in [0.4, 0.5) is 0 Å². The molecule has 2 N–H and O–H groups in total. The van der Waals surface area contributed by atoms with Crippen molar-refractivity contribution in [2.24, 2.45) is 17.3 Å². The maximum absolute atomic E-state index is 14.0. The molecular formula is C29H43N5O5. The van der Waals surface area contributed by atoms with Crippen LogP contribution in [0.25, 0.3) is 0 Å². The molecule has 10 nitrogen and oxygen atoms in total. The lowest BCUT2D eigenvalue weighted by molar-refractivity contribution is -0.154. The van der Waals surface area contributed by atoms with Gasteiger partial charge in [-0.05, 0) is 61.3 Å². The van der Waals surface area contributed by atoms with Gasteiger partial charge in [0.15, 0.2) is 0 Å². The Morgan fingerprint density at radius 1 is 1.10 bits per heavy atom. The number of amides is 3. The van der Waals surface area contributed by atoms with E-state index in [-0.39, 0.29) is 23.2 Å². The highest BCUT2D eigenvalue weighted by Crippen LogP contribution is 2.33. The molecule has 1 saturated carbocycles. The number of nitrogens with zero attached hydrogens (tertiary/aromatic N) is 3. The molecule has 0 spiro atoms. The number of nitrogens with one attached hydrogen (secondary N) is 2. The minimum Gasteiger partial charge on any atom is -0.467 e. The third-order valence-electron chi connectivity index (χ3n) is 7.48. The monoisotopic (exact) mass is 541 g/mol. The number of methoxy groups -OCH3 is 1. The predicted octanol–water partition coefficient (Wildman–Crippen LogP) is 3.39. The van der Waals surface area contributed by atoms with Crippen LogP contribution in [0, 0.1) is 17.3 Å². The zero-order chi connectivity index (χ0) is 28.7. The summed E-state index contributed by atoms with van der Waals surface area (Å²) in [4.78, 5) is 63.1. The van der Waals surface area contributed by atoms with Crippen LogP contribution in [-0.4, -0.2) is 64.3 Å². The topological polar surface area (TPSA) is 131 Å². The number of aromatic nitrogens is 2. The summed E-state index contributed by atoms with van der Waals surface area (Å²) >= 11 is 0. The number of carbonyl (C=O) groups is 4. The Kier molecular flexibility index (Phi) is 10.2. The number of hydrogen-bond donors (Lipinski definition) is 2. The van der Waals surface area contributed by atoms with Gasteiger partial charge in [-0.2, -0.15) is 0 Å². The van der Waals surface area contributed by atoms with Crippen molar-refractivity contribution in [2.45, 2.75) is 91.6 Å². The van der Waals surface area contributed by atoms with Gasteiger partial charge in [0.2, 0.25) is 5.91 Å². The van der Waals surface area contributed by atoms with Gasteiger partial charge < -0.3 is 20.3 Å². The van der Waals surface area contributed by atoms with Crippen molar-refractivity contribution in [1.29, 1.82) is 0 Å². The van der Waals surface area contributed by atoms with Crippen LogP contribution in [0.5, 0.6) is 0 Å². The van der Waals surface area contributed by atoms with E-state index >= 15 is 0 Å². The Morgan fingerprint density at radius 3 is 2.36 bits per heavy atom. The Balaban J connectivity index is 1.89. The number of allylic oxidation sites excluding steroid dienone is 1. The van der Waals surface area contributed by atoms with E-state index in [1.807, 2.05) is 20.8 Å². The van der Waals surface area contributed by atoms with Gasteiger partial charge in [-0.1, -0.05) is 41.0 Å². The van der Waals surface area contributed by atoms with Crippen molar-refractivity contribution in [1.82, 2.24) is 25.5 Å². The zero-order valence-electron chi connectivity index (χ0n) is 24.1. The van der Waals surface area contributed by atoms with Crippen LogP contribution in [0.1, 0.15) is 90.1 Å².